The van der Waals surface area contributed by atoms with E-state index in [1.165, 1.54) is 0 Å². The van der Waals surface area contributed by atoms with E-state index in [1.54, 1.807) is 6.92 Å². The zero-order valence-corrected chi connectivity index (χ0v) is 19.0. The number of amides is 2. The molecule has 1 aliphatic rings. The second-order valence-electron chi connectivity index (χ2n) is 8.63. The lowest BCUT2D eigenvalue weighted by molar-refractivity contribution is -0.139. The van der Waals surface area contributed by atoms with Crippen LogP contribution in [0.1, 0.15) is 44.2 Å². The molecule has 0 bridgehead atoms. The Morgan fingerprint density at radius 3 is 1.97 bits per heavy atom. The summed E-state index contributed by atoms with van der Waals surface area (Å²) in [4.78, 5) is 35.5. The summed E-state index contributed by atoms with van der Waals surface area (Å²) >= 11 is 0. The van der Waals surface area contributed by atoms with Gasteiger partial charge in [0.15, 0.2) is 0 Å². The van der Waals surface area contributed by atoms with Gasteiger partial charge in [-0.2, -0.15) is 0 Å². The largest absolute Gasteiger partial charge is 0.480 e. The third-order valence-electron chi connectivity index (χ3n) is 5.47. The third kappa shape index (κ3) is 6.25. The van der Waals surface area contributed by atoms with Crippen LogP contribution in [0.25, 0.3) is 11.1 Å². The molecular formula is C25H30N2O6. The summed E-state index contributed by atoms with van der Waals surface area (Å²) < 4.78 is 10.5. The Hall–Kier alpha value is -3.55. The maximum absolute atomic E-state index is 12.3. The van der Waals surface area contributed by atoms with Gasteiger partial charge in [-0.3, -0.25) is 0 Å². The van der Waals surface area contributed by atoms with Crippen LogP contribution in [-0.4, -0.2) is 48.6 Å². The Labute approximate surface area is 193 Å². The van der Waals surface area contributed by atoms with Crippen LogP contribution in [0.2, 0.25) is 0 Å². The topological polar surface area (TPSA) is 114 Å². The molecule has 2 amide bonds. The molecule has 0 fully saturated rings. The van der Waals surface area contributed by atoms with Crippen LogP contribution in [0.4, 0.5) is 9.59 Å². The maximum Gasteiger partial charge on any atom is 0.407 e. The van der Waals surface area contributed by atoms with E-state index < -0.39 is 30.2 Å². The van der Waals surface area contributed by atoms with Crippen LogP contribution in [0, 0.1) is 5.92 Å². The van der Waals surface area contributed by atoms with Gasteiger partial charge >= 0.3 is 18.2 Å². The molecule has 176 valence electrons. The molecule has 0 saturated carbocycles. The van der Waals surface area contributed by atoms with E-state index in [1.807, 2.05) is 50.2 Å². The van der Waals surface area contributed by atoms with Gasteiger partial charge in [-0.25, -0.2) is 14.4 Å². The fourth-order valence-corrected chi connectivity index (χ4v) is 3.96. The van der Waals surface area contributed by atoms with Crippen LogP contribution < -0.4 is 10.6 Å². The average Bonchev–Trinajstić information content (AvgIpc) is 3.09. The van der Waals surface area contributed by atoms with Crippen LogP contribution in [0.3, 0.4) is 0 Å². The highest BCUT2D eigenvalue weighted by molar-refractivity contribution is 5.80. The number of carbonyl (C=O) groups excluding carboxylic acids is 2. The molecule has 2 aromatic rings. The second-order valence-corrected chi connectivity index (χ2v) is 8.63. The number of carboxylic acid groups (broad SMARTS) is 1. The van der Waals surface area contributed by atoms with Crippen molar-refractivity contribution in [3.05, 3.63) is 59.7 Å². The number of aliphatic carboxylic acids is 1. The van der Waals surface area contributed by atoms with E-state index in [4.69, 9.17) is 9.47 Å². The van der Waals surface area contributed by atoms with Gasteiger partial charge in [0.25, 0.3) is 0 Å². The van der Waals surface area contributed by atoms with Gasteiger partial charge in [0.2, 0.25) is 0 Å². The fraction of sp³-hybridized carbons (Fsp3) is 0.400. The number of carbonyl (C=O) groups is 3. The van der Waals surface area contributed by atoms with E-state index in [9.17, 15) is 19.5 Å². The molecule has 8 nitrogen and oxygen atoms in total. The van der Waals surface area contributed by atoms with Gasteiger partial charge in [0, 0.05) is 5.92 Å². The molecule has 0 aromatic heterocycles. The lowest BCUT2D eigenvalue weighted by Crippen LogP contribution is -2.44. The second kappa shape index (κ2) is 10.8. The minimum Gasteiger partial charge on any atom is -0.480 e. The van der Waals surface area contributed by atoms with Crippen LogP contribution in [0.15, 0.2) is 48.5 Å². The van der Waals surface area contributed by atoms with Gasteiger partial charge in [0.05, 0.1) is 6.04 Å². The fourth-order valence-electron chi connectivity index (χ4n) is 3.96. The van der Waals surface area contributed by atoms with Crippen molar-refractivity contribution in [1.82, 2.24) is 10.6 Å². The number of carboxylic acids is 1. The quantitative estimate of drug-likeness (QED) is 0.525. The lowest BCUT2D eigenvalue weighted by atomic mass is 9.98. The number of rotatable bonds is 9. The number of nitrogens with one attached hydrogen (secondary N) is 2. The number of hydrogen-bond donors (Lipinski definition) is 3. The zero-order chi connectivity index (χ0) is 24.0. The highest BCUT2D eigenvalue weighted by atomic mass is 16.6. The molecule has 1 aliphatic carbocycles. The Morgan fingerprint density at radius 2 is 1.42 bits per heavy atom. The van der Waals surface area contributed by atoms with Crippen LogP contribution in [-0.2, 0) is 14.3 Å². The van der Waals surface area contributed by atoms with Gasteiger partial charge < -0.3 is 25.2 Å². The SMILES string of the molecule is CC(C)C[C@H](NC(=O)OC[C@H](C)NC(=O)OCC1c2ccccc2-c2ccccc21)C(=O)O. The van der Waals surface area contributed by atoms with E-state index in [2.05, 4.69) is 22.8 Å². The van der Waals surface area contributed by atoms with Crippen molar-refractivity contribution in [2.24, 2.45) is 5.92 Å². The van der Waals surface area contributed by atoms with Crippen molar-refractivity contribution in [3.8, 4) is 11.1 Å². The molecule has 3 N–H and O–H groups in total. The van der Waals surface area contributed by atoms with Crippen molar-refractivity contribution in [3.63, 3.8) is 0 Å². The number of benzene rings is 2. The summed E-state index contributed by atoms with van der Waals surface area (Å²) in [5.41, 5.74) is 4.53. The highest BCUT2D eigenvalue weighted by Gasteiger charge is 2.29. The molecule has 8 heteroatoms. The monoisotopic (exact) mass is 454 g/mol. The standard InChI is InChI=1S/C25H30N2O6/c1-15(2)12-22(23(28)29)27-25(31)32-13-16(3)26-24(30)33-14-21-19-10-6-4-8-17(19)18-9-5-7-11-20(18)21/h4-11,15-16,21-22H,12-14H2,1-3H3,(H,26,30)(H,27,31)(H,28,29)/t16-,22-/m0/s1. The van der Waals surface area contributed by atoms with Crippen molar-refractivity contribution in [2.75, 3.05) is 13.2 Å². The van der Waals surface area contributed by atoms with Crippen molar-refractivity contribution in [1.29, 1.82) is 0 Å². The first kappa shape index (κ1) is 24.1. The third-order valence-corrected chi connectivity index (χ3v) is 5.47. The number of hydrogen-bond acceptors (Lipinski definition) is 5. The zero-order valence-electron chi connectivity index (χ0n) is 19.0. The maximum atomic E-state index is 12.3. The minimum absolute atomic E-state index is 0.0469. The first-order valence-electron chi connectivity index (χ1n) is 11.0. The molecule has 33 heavy (non-hydrogen) atoms. The number of fused-ring (bicyclic) bond motifs is 3. The van der Waals surface area contributed by atoms with Gasteiger partial charge in [-0.05, 0) is 41.5 Å². The first-order chi connectivity index (χ1) is 15.8. The van der Waals surface area contributed by atoms with Crippen molar-refractivity contribution < 1.29 is 29.0 Å². The number of alkyl carbamates (subject to hydrolysis) is 2. The molecular weight excluding hydrogens is 424 g/mol. The predicted octanol–water partition coefficient (Wildman–Crippen LogP) is 4.14. The highest BCUT2D eigenvalue weighted by Crippen LogP contribution is 2.44. The smallest absolute Gasteiger partial charge is 0.407 e. The van der Waals surface area contributed by atoms with Crippen molar-refractivity contribution >= 4 is 18.2 Å². The lowest BCUT2D eigenvalue weighted by Gasteiger charge is -2.19. The molecule has 2 aromatic carbocycles. The molecule has 0 saturated heterocycles. The first-order valence-corrected chi connectivity index (χ1v) is 11.0. The molecule has 0 heterocycles. The minimum atomic E-state index is -1.12. The Balaban J connectivity index is 1.47. The Morgan fingerprint density at radius 1 is 0.879 bits per heavy atom. The molecule has 0 spiro atoms. The summed E-state index contributed by atoms with van der Waals surface area (Å²) in [6.07, 6.45) is -1.17. The van der Waals surface area contributed by atoms with E-state index in [0.29, 0.717) is 0 Å². The van der Waals surface area contributed by atoms with Gasteiger partial charge in [-0.1, -0.05) is 62.4 Å². The predicted molar refractivity (Wildman–Crippen MR) is 123 cm³/mol. The van der Waals surface area contributed by atoms with Crippen LogP contribution in [0.5, 0.6) is 0 Å². The number of ether oxygens (including phenoxy) is 2. The van der Waals surface area contributed by atoms with Crippen molar-refractivity contribution in [2.45, 2.75) is 45.2 Å². The molecule has 0 aliphatic heterocycles. The molecule has 0 radical (unpaired) electrons. The summed E-state index contributed by atoms with van der Waals surface area (Å²) in [6, 6.07) is 14.6. The summed E-state index contributed by atoms with van der Waals surface area (Å²) in [5.74, 6) is -1.07. The normalized spacial score (nSPS) is 14.1. The molecule has 3 rings (SSSR count). The Bertz CT molecular complexity index is 960. The van der Waals surface area contributed by atoms with Gasteiger partial charge in [0.1, 0.15) is 19.3 Å². The summed E-state index contributed by atoms with van der Waals surface area (Å²) in [7, 11) is 0. The summed E-state index contributed by atoms with van der Waals surface area (Å²) in [6.45, 7) is 5.46. The van der Waals surface area contributed by atoms with Crippen LogP contribution >= 0.6 is 0 Å². The average molecular weight is 455 g/mol. The Kier molecular flexibility index (Phi) is 7.92. The van der Waals surface area contributed by atoms with Gasteiger partial charge in [-0.15, -0.1) is 0 Å². The molecule has 0 unspecified atom stereocenters. The molecule has 2 atom stereocenters. The summed E-state index contributed by atoms with van der Waals surface area (Å²) in [5, 5.41) is 14.2. The van der Waals surface area contributed by atoms with E-state index >= 15 is 0 Å². The van der Waals surface area contributed by atoms with E-state index in [-0.39, 0.29) is 31.5 Å². The van der Waals surface area contributed by atoms with E-state index in [0.717, 1.165) is 22.3 Å².